The predicted octanol–water partition coefficient (Wildman–Crippen LogP) is 3.18. The van der Waals surface area contributed by atoms with Gasteiger partial charge in [-0.25, -0.2) is 4.98 Å². The van der Waals surface area contributed by atoms with Gasteiger partial charge in [0.05, 0.1) is 20.8 Å². The zero-order chi connectivity index (χ0) is 17.9. The minimum atomic E-state index is 0.630. The van der Waals surface area contributed by atoms with Crippen LogP contribution in [0.5, 0.6) is 11.5 Å². The molecule has 2 aliphatic rings. The van der Waals surface area contributed by atoms with Crippen molar-refractivity contribution in [1.29, 1.82) is 0 Å². The van der Waals surface area contributed by atoms with Crippen molar-refractivity contribution in [2.24, 2.45) is 0 Å². The second kappa shape index (κ2) is 7.94. The topological polar surface area (TPSA) is 37.8 Å². The summed E-state index contributed by atoms with van der Waals surface area (Å²) in [5.41, 5.74) is 2.78. The summed E-state index contributed by atoms with van der Waals surface area (Å²) in [5.74, 6) is 1.68. The molecule has 0 amide bonds. The maximum atomic E-state index is 5.50. The molecule has 0 spiro atoms. The lowest BCUT2D eigenvalue weighted by Crippen LogP contribution is -2.49. The van der Waals surface area contributed by atoms with Gasteiger partial charge in [0.25, 0.3) is 0 Å². The molecule has 6 heteroatoms. The smallest absolute Gasteiger partial charge is 0.161 e. The molecular weight excluding hydrogens is 346 g/mol. The van der Waals surface area contributed by atoms with Gasteiger partial charge < -0.3 is 9.47 Å². The minimum Gasteiger partial charge on any atom is -0.493 e. The van der Waals surface area contributed by atoms with Crippen molar-refractivity contribution in [3.05, 3.63) is 39.8 Å². The molecule has 2 aromatic rings. The highest BCUT2D eigenvalue weighted by atomic mass is 32.1. The van der Waals surface area contributed by atoms with E-state index >= 15 is 0 Å². The fourth-order valence-electron chi connectivity index (χ4n) is 4.21. The van der Waals surface area contributed by atoms with Gasteiger partial charge in [0.1, 0.15) is 5.01 Å². The number of thiazole rings is 1. The summed E-state index contributed by atoms with van der Waals surface area (Å²) in [6.07, 6.45) is 5.55. The number of hydrogen-bond acceptors (Lipinski definition) is 6. The number of fused-ring (bicyclic) bond motifs is 1. The van der Waals surface area contributed by atoms with Crippen LogP contribution >= 0.6 is 11.3 Å². The van der Waals surface area contributed by atoms with Gasteiger partial charge in [0.15, 0.2) is 11.5 Å². The number of hydrogen-bond donors (Lipinski definition) is 0. The average Bonchev–Trinajstić information content (AvgIpc) is 3.19. The highest BCUT2D eigenvalue weighted by molar-refractivity contribution is 7.09. The highest BCUT2D eigenvalue weighted by Gasteiger charge is 2.29. The fourth-order valence-corrected chi connectivity index (χ4v) is 4.87. The van der Waals surface area contributed by atoms with Crippen LogP contribution in [0, 0.1) is 0 Å². The van der Waals surface area contributed by atoms with E-state index in [1.54, 1.807) is 25.6 Å². The minimum absolute atomic E-state index is 0.630. The van der Waals surface area contributed by atoms with Gasteiger partial charge in [-0.1, -0.05) is 0 Å². The molecule has 0 aliphatic carbocycles. The van der Waals surface area contributed by atoms with Crippen molar-refractivity contribution in [2.45, 2.75) is 38.4 Å². The summed E-state index contributed by atoms with van der Waals surface area (Å²) < 4.78 is 11.0. The highest BCUT2D eigenvalue weighted by Crippen LogP contribution is 2.34. The molecule has 5 nitrogen and oxygen atoms in total. The molecule has 140 valence electrons. The Hall–Kier alpha value is -1.63. The van der Waals surface area contributed by atoms with Crippen LogP contribution in [-0.4, -0.2) is 54.7 Å². The van der Waals surface area contributed by atoms with E-state index in [0.29, 0.717) is 6.04 Å². The van der Waals surface area contributed by atoms with Crippen LogP contribution in [0.1, 0.15) is 29.0 Å². The van der Waals surface area contributed by atoms with Crippen molar-refractivity contribution in [3.63, 3.8) is 0 Å². The van der Waals surface area contributed by atoms with Crippen LogP contribution in [0.25, 0.3) is 0 Å². The summed E-state index contributed by atoms with van der Waals surface area (Å²) in [7, 11) is 3.42. The standard InChI is InChI=1S/C20H27N3O2S/c1-24-18-10-15-5-8-23(12-16(15)11-19(18)25-2)17-4-3-7-22(13-17)14-20-21-6-9-26-20/h6,9-11,17H,3-5,7-8,12-14H2,1-2H3. The maximum Gasteiger partial charge on any atom is 0.161 e. The molecule has 26 heavy (non-hydrogen) atoms. The molecule has 4 rings (SSSR count). The first-order valence-corrected chi connectivity index (χ1v) is 10.2. The Morgan fingerprint density at radius 3 is 2.69 bits per heavy atom. The number of ether oxygens (including phenoxy) is 2. The van der Waals surface area contributed by atoms with E-state index in [1.165, 1.54) is 35.5 Å². The van der Waals surface area contributed by atoms with Gasteiger partial charge in [0, 0.05) is 37.3 Å². The zero-order valence-electron chi connectivity index (χ0n) is 15.6. The largest absolute Gasteiger partial charge is 0.493 e. The van der Waals surface area contributed by atoms with Gasteiger partial charge in [-0.15, -0.1) is 11.3 Å². The van der Waals surface area contributed by atoms with Gasteiger partial charge >= 0.3 is 0 Å². The third-order valence-electron chi connectivity index (χ3n) is 5.59. The van der Waals surface area contributed by atoms with Crippen LogP contribution in [0.2, 0.25) is 0 Å². The number of likely N-dealkylation sites (tertiary alicyclic amines) is 1. The van der Waals surface area contributed by atoms with Crippen LogP contribution < -0.4 is 9.47 Å². The zero-order valence-corrected chi connectivity index (χ0v) is 16.4. The summed E-state index contributed by atoms with van der Waals surface area (Å²) in [6.45, 7) is 5.45. The van der Waals surface area contributed by atoms with Gasteiger partial charge in [-0.05, 0) is 49.1 Å². The molecule has 2 aliphatic heterocycles. The number of aromatic nitrogens is 1. The lowest BCUT2D eigenvalue weighted by atomic mass is 9.95. The van der Waals surface area contributed by atoms with Crippen molar-refractivity contribution in [1.82, 2.24) is 14.8 Å². The quantitative estimate of drug-likeness (QED) is 0.805. The lowest BCUT2D eigenvalue weighted by molar-refractivity contribution is 0.0837. The van der Waals surface area contributed by atoms with Crippen molar-refractivity contribution in [3.8, 4) is 11.5 Å². The Morgan fingerprint density at radius 1 is 1.15 bits per heavy atom. The third-order valence-corrected chi connectivity index (χ3v) is 6.35. The molecule has 0 N–H and O–H groups in total. The van der Waals surface area contributed by atoms with Crippen LogP contribution in [0.3, 0.4) is 0 Å². The Bertz CT molecular complexity index is 735. The summed E-state index contributed by atoms with van der Waals surface area (Å²) >= 11 is 1.76. The molecule has 0 bridgehead atoms. The van der Waals surface area contributed by atoms with Gasteiger partial charge in [-0.3, -0.25) is 9.80 Å². The Morgan fingerprint density at radius 2 is 1.96 bits per heavy atom. The van der Waals surface area contributed by atoms with E-state index in [9.17, 15) is 0 Å². The first-order chi connectivity index (χ1) is 12.8. The van der Waals surface area contributed by atoms with E-state index in [0.717, 1.165) is 44.1 Å². The van der Waals surface area contributed by atoms with Crippen LogP contribution in [0.4, 0.5) is 0 Å². The fraction of sp³-hybridized carbons (Fsp3) is 0.550. The van der Waals surface area contributed by atoms with Crippen molar-refractivity contribution >= 4 is 11.3 Å². The predicted molar refractivity (Wildman–Crippen MR) is 104 cm³/mol. The molecule has 1 aromatic heterocycles. The Labute approximate surface area is 159 Å². The number of nitrogens with zero attached hydrogens (tertiary/aromatic N) is 3. The molecule has 1 saturated heterocycles. The van der Waals surface area contributed by atoms with E-state index in [-0.39, 0.29) is 0 Å². The summed E-state index contributed by atoms with van der Waals surface area (Å²) in [5, 5.41) is 3.30. The lowest BCUT2D eigenvalue weighted by Gasteiger charge is -2.41. The van der Waals surface area contributed by atoms with Crippen LogP contribution in [0.15, 0.2) is 23.7 Å². The SMILES string of the molecule is COc1cc2c(cc1OC)CN(C1CCCN(Cc3nccs3)C1)CC2. The second-order valence-electron chi connectivity index (χ2n) is 7.15. The first kappa shape index (κ1) is 17.8. The molecule has 0 radical (unpaired) electrons. The maximum absolute atomic E-state index is 5.50. The molecule has 1 atom stereocenters. The van der Waals surface area contributed by atoms with Crippen molar-refractivity contribution < 1.29 is 9.47 Å². The summed E-state index contributed by atoms with van der Waals surface area (Å²) in [4.78, 5) is 9.67. The average molecular weight is 374 g/mol. The van der Waals surface area contributed by atoms with E-state index in [2.05, 4.69) is 32.3 Å². The van der Waals surface area contributed by atoms with E-state index in [1.807, 2.05) is 6.20 Å². The Kier molecular flexibility index (Phi) is 5.43. The van der Waals surface area contributed by atoms with Gasteiger partial charge in [-0.2, -0.15) is 0 Å². The van der Waals surface area contributed by atoms with E-state index in [4.69, 9.17) is 9.47 Å². The number of benzene rings is 1. The number of rotatable bonds is 5. The normalized spacial score (nSPS) is 21.4. The summed E-state index contributed by atoms with van der Waals surface area (Å²) in [6, 6.07) is 4.95. The monoisotopic (exact) mass is 373 g/mol. The van der Waals surface area contributed by atoms with E-state index < -0.39 is 0 Å². The molecule has 1 unspecified atom stereocenters. The number of methoxy groups -OCH3 is 2. The van der Waals surface area contributed by atoms with Crippen LogP contribution in [-0.2, 0) is 19.5 Å². The first-order valence-electron chi connectivity index (χ1n) is 9.35. The molecule has 3 heterocycles. The molecule has 0 saturated carbocycles. The molecule has 1 aromatic carbocycles. The van der Waals surface area contributed by atoms with Gasteiger partial charge in [0.2, 0.25) is 0 Å². The second-order valence-corrected chi connectivity index (χ2v) is 8.13. The molecular formula is C20H27N3O2S. The number of piperidine rings is 1. The Balaban J connectivity index is 1.44. The van der Waals surface area contributed by atoms with Crippen molar-refractivity contribution in [2.75, 3.05) is 33.9 Å². The third kappa shape index (κ3) is 3.72. The molecule has 1 fully saturated rings.